The van der Waals surface area contributed by atoms with Crippen molar-refractivity contribution in [3.8, 4) is 0 Å². The monoisotopic (exact) mass is 281 g/mol. The maximum absolute atomic E-state index is 11.8. The third-order valence-electron chi connectivity index (χ3n) is 3.69. The number of carbonyl (C=O) groups is 1. The molecule has 0 bridgehead atoms. The van der Waals surface area contributed by atoms with Gasteiger partial charge in [-0.05, 0) is 26.8 Å². The Hall–Kier alpha value is -1.43. The molecular formula is C14H23N3O3. The van der Waals surface area contributed by atoms with Gasteiger partial charge in [-0.15, -0.1) is 10.2 Å². The number of hydrogen-bond donors (Lipinski definition) is 0. The highest BCUT2D eigenvalue weighted by Gasteiger charge is 2.34. The number of rotatable bonds is 4. The second kappa shape index (κ2) is 6.35. The van der Waals surface area contributed by atoms with Gasteiger partial charge in [0.25, 0.3) is 0 Å². The van der Waals surface area contributed by atoms with Crippen LogP contribution in [0.5, 0.6) is 0 Å². The van der Waals surface area contributed by atoms with E-state index in [1.165, 1.54) is 0 Å². The van der Waals surface area contributed by atoms with E-state index in [0.717, 1.165) is 19.4 Å². The highest BCUT2D eigenvalue weighted by Crippen LogP contribution is 2.29. The lowest BCUT2D eigenvalue weighted by Gasteiger charge is -2.34. The fraction of sp³-hybridized carbons (Fsp3) is 0.786. The Morgan fingerprint density at radius 2 is 2.20 bits per heavy atom. The SMILES string of the molecule is CCOC(=O)[C@H]1CC[C@H](c2nnc(C(C)C)o2)CN1C. The smallest absolute Gasteiger partial charge is 0.323 e. The molecule has 6 heteroatoms. The van der Waals surface area contributed by atoms with Crippen molar-refractivity contribution in [1.82, 2.24) is 15.1 Å². The Bertz CT molecular complexity index is 458. The third kappa shape index (κ3) is 3.17. The zero-order valence-electron chi connectivity index (χ0n) is 12.6. The van der Waals surface area contributed by atoms with Gasteiger partial charge in [0.1, 0.15) is 6.04 Å². The molecule has 1 aliphatic heterocycles. The van der Waals surface area contributed by atoms with E-state index in [4.69, 9.17) is 9.15 Å². The fourth-order valence-corrected chi connectivity index (χ4v) is 2.53. The van der Waals surface area contributed by atoms with Crippen LogP contribution in [-0.4, -0.2) is 47.3 Å². The van der Waals surface area contributed by atoms with Gasteiger partial charge in [-0.3, -0.25) is 9.69 Å². The fourth-order valence-electron chi connectivity index (χ4n) is 2.53. The molecule has 1 aromatic rings. The standard InChI is InChI=1S/C14H23N3O3/c1-5-19-14(18)11-7-6-10(8-17(11)4)13-16-15-12(20-13)9(2)3/h9-11H,5-8H2,1-4H3/t10-,11+/m0/s1. The number of carbonyl (C=O) groups excluding carboxylic acids is 1. The van der Waals surface area contributed by atoms with Crippen LogP contribution in [0.2, 0.25) is 0 Å². The van der Waals surface area contributed by atoms with Gasteiger partial charge in [0.05, 0.1) is 12.5 Å². The van der Waals surface area contributed by atoms with Gasteiger partial charge in [-0.1, -0.05) is 13.8 Å². The predicted molar refractivity (Wildman–Crippen MR) is 73.4 cm³/mol. The van der Waals surface area contributed by atoms with Crippen LogP contribution in [0.25, 0.3) is 0 Å². The molecule has 2 heterocycles. The summed E-state index contributed by atoms with van der Waals surface area (Å²) in [6.07, 6.45) is 1.63. The van der Waals surface area contributed by atoms with Crippen LogP contribution in [-0.2, 0) is 9.53 Å². The highest BCUT2D eigenvalue weighted by atomic mass is 16.5. The van der Waals surface area contributed by atoms with Crippen molar-refractivity contribution >= 4 is 5.97 Å². The number of hydrogen-bond acceptors (Lipinski definition) is 6. The molecule has 0 aliphatic carbocycles. The van der Waals surface area contributed by atoms with Crippen molar-refractivity contribution in [2.24, 2.45) is 0 Å². The van der Waals surface area contributed by atoms with Crippen molar-refractivity contribution in [3.63, 3.8) is 0 Å². The van der Waals surface area contributed by atoms with E-state index >= 15 is 0 Å². The first-order chi connectivity index (χ1) is 9.52. The Kier molecular flexibility index (Phi) is 4.75. The van der Waals surface area contributed by atoms with E-state index in [9.17, 15) is 4.79 Å². The minimum atomic E-state index is -0.154. The van der Waals surface area contributed by atoms with Crippen molar-refractivity contribution in [1.29, 1.82) is 0 Å². The average molecular weight is 281 g/mol. The summed E-state index contributed by atoms with van der Waals surface area (Å²) in [5.41, 5.74) is 0. The van der Waals surface area contributed by atoms with Crippen LogP contribution in [0.15, 0.2) is 4.42 Å². The van der Waals surface area contributed by atoms with Gasteiger partial charge >= 0.3 is 5.97 Å². The molecule has 2 rings (SSSR count). The lowest BCUT2D eigenvalue weighted by atomic mass is 9.93. The van der Waals surface area contributed by atoms with E-state index in [2.05, 4.69) is 10.2 Å². The summed E-state index contributed by atoms with van der Waals surface area (Å²) in [4.78, 5) is 13.8. The largest absolute Gasteiger partial charge is 0.465 e. The van der Waals surface area contributed by atoms with Gasteiger partial charge in [0.2, 0.25) is 11.8 Å². The van der Waals surface area contributed by atoms with Crippen LogP contribution in [0, 0.1) is 0 Å². The molecule has 0 radical (unpaired) electrons. The molecule has 0 saturated carbocycles. The predicted octanol–water partition coefficient (Wildman–Crippen LogP) is 1.93. The quantitative estimate of drug-likeness (QED) is 0.786. The lowest BCUT2D eigenvalue weighted by Crippen LogP contribution is -2.45. The summed E-state index contributed by atoms with van der Waals surface area (Å²) in [7, 11) is 1.94. The molecule has 112 valence electrons. The minimum absolute atomic E-state index is 0.137. The van der Waals surface area contributed by atoms with Crippen molar-refractivity contribution in [2.75, 3.05) is 20.2 Å². The molecule has 0 spiro atoms. The molecule has 2 atom stereocenters. The van der Waals surface area contributed by atoms with Crippen LogP contribution >= 0.6 is 0 Å². The van der Waals surface area contributed by atoms with E-state index in [0.29, 0.717) is 18.4 Å². The number of likely N-dealkylation sites (N-methyl/N-ethyl adjacent to an activating group) is 1. The van der Waals surface area contributed by atoms with Crippen LogP contribution in [0.1, 0.15) is 57.2 Å². The van der Waals surface area contributed by atoms with E-state index in [1.807, 2.05) is 32.7 Å². The van der Waals surface area contributed by atoms with E-state index in [-0.39, 0.29) is 23.8 Å². The maximum atomic E-state index is 11.8. The highest BCUT2D eigenvalue weighted by molar-refractivity contribution is 5.75. The Morgan fingerprint density at radius 1 is 1.45 bits per heavy atom. The summed E-state index contributed by atoms with van der Waals surface area (Å²) in [5, 5.41) is 8.21. The summed E-state index contributed by atoms with van der Waals surface area (Å²) in [6.45, 7) is 7.05. The third-order valence-corrected chi connectivity index (χ3v) is 3.69. The Morgan fingerprint density at radius 3 is 2.75 bits per heavy atom. The van der Waals surface area contributed by atoms with Crippen LogP contribution < -0.4 is 0 Å². The topological polar surface area (TPSA) is 68.5 Å². The maximum Gasteiger partial charge on any atom is 0.323 e. The second-order valence-electron chi connectivity index (χ2n) is 5.61. The summed E-state index contributed by atoms with van der Waals surface area (Å²) in [6, 6.07) is -0.154. The first-order valence-electron chi connectivity index (χ1n) is 7.23. The molecule has 1 fully saturated rings. The molecular weight excluding hydrogens is 258 g/mol. The van der Waals surface area contributed by atoms with Crippen molar-refractivity contribution < 1.29 is 13.9 Å². The molecule has 6 nitrogen and oxygen atoms in total. The number of ether oxygens (including phenoxy) is 1. The molecule has 0 unspecified atom stereocenters. The lowest BCUT2D eigenvalue weighted by molar-refractivity contribution is -0.150. The number of aromatic nitrogens is 2. The van der Waals surface area contributed by atoms with Gasteiger partial charge in [-0.2, -0.15) is 0 Å². The molecule has 1 aliphatic rings. The second-order valence-corrected chi connectivity index (χ2v) is 5.61. The van der Waals surface area contributed by atoms with Gasteiger partial charge in [-0.25, -0.2) is 0 Å². The molecule has 1 saturated heterocycles. The number of nitrogens with zero attached hydrogens (tertiary/aromatic N) is 3. The summed E-state index contributed by atoms with van der Waals surface area (Å²) >= 11 is 0. The van der Waals surface area contributed by atoms with Gasteiger partial charge < -0.3 is 9.15 Å². The van der Waals surface area contributed by atoms with Crippen molar-refractivity contribution in [2.45, 2.75) is 51.5 Å². The zero-order valence-corrected chi connectivity index (χ0v) is 12.6. The van der Waals surface area contributed by atoms with Crippen LogP contribution in [0.4, 0.5) is 0 Å². The minimum Gasteiger partial charge on any atom is -0.465 e. The summed E-state index contributed by atoms with van der Waals surface area (Å²) < 4.78 is 10.8. The Labute approximate surface area is 119 Å². The summed E-state index contributed by atoms with van der Waals surface area (Å²) in [5.74, 6) is 1.66. The number of esters is 1. The van der Waals surface area contributed by atoms with Crippen molar-refractivity contribution in [3.05, 3.63) is 11.8 Å². The molecule has 20 heavy (non-hydrogen) atoms. The first-order valence-corrected chi connectivity index (χ1v) is 7.23. The molecule has 0 aromatic carbocycles. The molecule has 0 N–H and O–H groups in total. The Balaban J connectivity index is 1.99. The molecule has 0 amide bonds. The van der Waals surface area contributed by atoms with Crippen LogP contribution in [0.3, 0.4) is 0 Å². The van der Waals surface area contributed by atoms with E-state index < -0.39 is 0 Å². The first kappa shape index (κ1) is 15.0. The molecule has 1 aromatic heterocycles. The normalized spacial score (nSPS) is 24.1. The van der Waals surface area contributed by atoms with Gasteiger partial charge in [0, 0.05) is 12.5 Å². The average Bonchev–Trinajstić information content (AvgIpc) is 2.88. The number of likely N-dealkylation sites (tertiary alicyclic amines) is 1. The van der Waals surface area contributed by atoms with E-state index in [1.54, 1.807) is 0 Å². The number of piperidine rings is 1. The zero-order chi connectivity index (χ0) is 14.7. The van der Waals surface area contributed by atoms with Gasteiger partial charge in [0.15, 0.2) is 0 Å².